The number of amides is 1. The summed E-state index contributed by atoms with van der Waals surface area (Å²) in [6.07, 6.45) is -2.31. The van der Waals surface area contributed by atoms with Crippen LogP contribution in [0.1, 0.15) is 24.6 Å². The molecule has 0 aromatic carbocycles. The highest BCUT2D eigenvalue weighted by atomic mass is 32.1. The molecular formula is C21H25F3N6O3S. The predicted octanol–water partition coefficient (Wildman–Crippen LogP) is 2.45. The van der Waals surface area contributed by atoms with E-state index in [0.717, 1.165) is 28.6 Å². The van der Waals surface area contributed by atoms with Crippen molar-refractivity contribution in [2.75, 3.05) is 32.7 Å². The van der Waals surface area contributed by atoms with Gasteiger partial charge in [0.2, 0.25) is 23.2 Å². The lowest BCUT2D eigenvalue weighted by atomic mass is 9.96. The molecule has 0 aliphatic carbocycles. The largest absolute Gasteiger partial charge is 0.425 e. The molecule has 4 rings (SSSR count). The molecule has 3 aromatic rings. The van der Waals surface area contributed by atoms with Crippen LogP contribution in [0.25, 0.3) is 10.7 Å². The Bertz CT molecular complexity index is 1090. The van der Waals surface area contributed by atoms with Gasteiger partial charge in [0.1, 0.15) is 0 Å². The first kappa shape index (κ1) is 24.4. The van der Waals surface area contributed by atoms with Crippen LogP contribution in [0.2, 0.25) is 0 Å². The minimum atomic E-state index is -5.04. The van der Waals surface area contributed by atoms with Gasteiger partial charge in [-0.25, -0.2) is 4.98 Å². The van der Waals surface area contributed by atoms with Gasteiger partial charge in [0.25, 0.3) is 0 Å². The van der Waals surface area contributed by atoms with Crippen molar-refractivity contribution in [3.8, 4) is 10.7 Å². The quantitative estimate of drug-likeness (QED) is 0.509. The fourth-order valence-electron chi connectivity index (χ4n) is 3.94. The maximum atomic E-state index is 13.7. The number of carbonyl (C=O) groups is 1. The van der Waals surface area contributed by atoms with Crippen LogP contribution in [-0.4, -0.2) is 79.4 Å². The Morgan fingerprint density at radius 2 is 2.03 bits per heavy atom. The van der Waals surface area contributed by atoms with E-state index in [1.54, 1.807) is 0 Å². The standard InChI is InChI=1S/C21H25F3N6O3S/c1-28-8-6-25-19(28)20(32,21(22,23)24)14-17(31)30-11-9-29(10-12-30)7-2-5-16-26-18(27-33-16)15-4-3-13-34-15/h3-4,6,8,13,32H,2,5,7,9-12,14H2,1H3. The highest BCUT2D eigenvalue weighted by Crippen LogP contribution is 2.41. The molecule has 0 spiro atoms. The highest BCUT2D eigenvalue weighted by molar-refractivity contribution is 7.13. The number of halogens is 3. The molecule has 1 aliphatic rings. The third-order valence-corrected chi connectivity index (χ3v) is 6.73. The number of hydrogen-bond acceptors (Lipinski definition) is 8. The lowest BCUT2D eigenvalue weighted by Gasteiger charge is -2.37. The molecule has 1 unspecified atom stereocenters. The van der Waals surface area contributed by atoms with E-state index >= 15 is 0 Å². The highest BCUT2D eigenvalue weighted by Gasteiger charge is 2.59. The molecule has 9 nitrogen and oxygen atoms in total. The summed E-state index contributed by atoms with van der Waals surface area (Å²) in [6.45, 7) is 2.37. The topological polar surface area (TPSA) is 101 Å². The SMILES string of the molecule is Cn1ccnc1C(O)(CC(=O)N1CCN(CCCc2nc(-c3cccs3)no2)CC1)C(F)(F)F. The van der Waals surface area contributed by atoms with E-state index in [2.05, 4.69) is 20.0 Å². The fourth-order valence-corrected chi connectivity index (χ4v) is 4.59. The molecule has 1 aliphatic heterocycles. The number of aliphatic hydroxyl groups is 1. The van der Waals surface area contributed by atoms with Crippen LogP contribution in [-0.2, 0) is 23.9 Å². The molecule has 0 bridgehead atoms. The number of rotatable bonds is 8. The van der Waals surface area contributed by atoms with Crippen LogP contribution in [0.15, 0.2) is 34.4 Å². The number of alkyl halides is 3. The second kappa shape index (κ2) is 9.84. The molecule has 13 heteroatoms. The zero-order valence-corrected chi connectivity index (χ0v) is 19.3. The second-order valence-electron chi connectivity index (χ2n) is 8.21. The van der Waals surface area contributed by atoms with Crippen LogP contribution in [0.3, 0.4) is 0 Å². The van der Waals surface area contributed by atoms with Crippen LogP contribution < -0.4 is 0 Å². The Labute approximate surface area is 197 Å². The van der Waals surface area contributed by atoms with Crippen molar-refractivity contribution >= 4 is 17.2 Å². The Morgan fingerprint density at radius 1 is 1.26 bits per heavy atom. The number of thiophene rings is 1. The van der Waals surface area contributed by atoms with Gasteiger partial charge in [0.15, 0.2) is 5.82 Å². The van der Waals surface area contributed by atoms with Gasteiger partial charge < -0.3 is 19.1 Å². The number of imidazole rings is 1. The van der Waals surface area contributed by atoms with Crippen molar-refractivity contribution in [3.63, 3.8) is 0 Å². The van der Waals surface area contributed by atoms with Crippen molar-refractivity contribution in [3.05, 3.63) is 41.6 Å². The molecule has 4 heterocycles. The van der Waals surface area contributed by atoms with E-state index in [4.69, 9.17) is 4.52 Å². The molecule has 1 fully saturated rings. The summed E-state index contributed by atoms with van der Waals surface area (Å²) in [6, 6.07) is 3.84. The van der Waals surface area contributed by atoms with Crippen molar-refractivity contribution in [1.82, 2.24) is 29.5 Å². The van der Waals surface area contributed by atoms with Crippen LogP contribution in [0.4, 0.5) is 13.2 Å². The minimum absolute atomic E-state index is 0.288. The Balaban J connectivity index is 1.25. The van der Waals surface area contributed by atoms with E-state index in [9.17, 15) is 23.1 Å². The minimum Gasteiger partial charge on any atom is -0.374 e. The second-order valence-corrected chi connectivity index (χ2v) is 9.16. The molecular weight excluding hydrogens is 473 g/mol. The van der Waals surface area contributed by atoms with Gasteiger partial charge in [-0.3, -0.25) is 9.69 Å². The van der Waals surface area contributed by atoms with E-state index < -0.39 is 29.9 Å². The average molecular weight is 499 g/mol. The maximum Gasteiger partial charge on any atom is 0.425 e. The van der Waals surface area contributed by atoms with Crippen LogP contribution >= 0.6 is 11.3 Å². The molecule has 34 heavy (non-hydrogen) atoms. The third kappa shape index (κ3) is 5.15. The average Bonchev–Trinajstić information content (AvgIpc) is 3.55. The Hall–Kier alpha value is -2.77. The smallest absolute Gasteiger partial charge is 0.374 e. The normalized spacial score (nSPS) is 17.1. The number of piperazine rings is 1. The number of carbonyl (C=O) groups excluding carboxylic acids is 1. The number of aryl methyl sites for hydroxylation is 2. The summed E-state index contributed by atoms with van der Waals surface area (Å²) in [5, 5.41) is 16.4. The first-order chi connectivity index (χ1) is 16.2. The van der Waals surface area contributed by atoms with E-state index in [-0.39, 0.29) is 13.1 Å². The summed E-state index contributed by atoms with van der Waals surface area (Å²) >= 11 is 1.53. The van der Waals surface area contributed by atoms with Crippen molar-refractivity contribution in [1.29, 1.82) is 0 Å². The summed E-state index contributed by atoms with van der Waals surface area (Å²) in [5.41, 5.74) is -3.34. The summed E-state index contributed by atoms with van der Waals surface area (Å²) in [7, 11) is 1.35. The van der Waals surface area contributed by atoms with Gasteiger partial charge in [-0.15, -0.1) is 11.3 Å². The number of aromatic nitrogens is 4. The molecule has 1 amide bonds. The Kier molecular flexibility index (Phi) is 7.05. The molecule has 184 valence electrons. The predicted molar refractivity (Wildman–Crippen MR) is 117 cm³/mol. The molecule has 0 saturated carbocycles. The zero-order chi connectivity index (χ0) is 24.3. The lowest BCUT2D eigenvalue weighted by Crippen LogP contribution is -2.53. The first-order valence-electron chi connectivity index (χ1n) is 10.8. The van der Waals surface area contributed by atoms with Gasteiger partial charge in [-0.1, -0.05) is 11.2 Å². The number of nitrogens with zero attached hydrogens (tertiary/aromatic N) is 6. The van der Waals surface area contributed by atoms with Gasteiger partial charge in [0.05, 0.1) is 11.3 Å². The van der Waals surface area contributed by atoms with Crippen molar-refractivity contribution in [2.45, 2.75) is 31.0 Å². The van der Waals surface area contributed by atoms with Gasteiger partial charge >= 0.3 is 6.18 Å². The van der Waals surface area contributed by atoms with E-state index in [0.29, 0.717) is 31.2 Å². The summed E-state index contributed by atoms with van der Waals surface area (Å²) < 4.78 is 47.5. The number of hydrogen-bond donors (Lipinski definition) is 1. The first-order valence-corrected chi connectivity index (χ1v) is 11.7. The van der Waals surface area contributed by atoms with Gasteiger partial charge in [-0.05, 0) is 24.4 Å². The molecule has 1 N–H and O–H groups in total. The van der Waals surface area contributed by atoms with E-state index in [1.165, 1.54) is 29.5 Å². The summed E-state index contributed by atoms with van der Waals surface area (Å²) in [5.74, 6) is -0.232. The maximum absolute atomic E-state index is 13.7. The molecule has 1 saturated heterocycles. The summed E-state index contributed by atoms with van der Waals surface area (Å²) in [4.78, 5) is 25.1. The molecule has 0 radical (unpaired) electrons. The monoisotopic (exact) mass is 498 g/mol. The zero-order valence-electron chi connectivity index (χ0n) is 18.5. The van der Waals surface area contributed by atoms with Crippen molar-refractivity contribution < 1.29 is 27.6 Å². The molecule has 1 atom stereocenters. The lowest BCUT2D eigenvalue weighted by molar-refractivity contribution is -0.272. The third-order valence-electron chi connectivity index (χ3n) is 5.87. The van der Waals surface area contributed by atoms with Crippen molar-refractivity contribution in [2.24, 2.45) is 7.05 Å². The fraction of sp³-hybridized carbons (Fsp3) is 0.524. The van der Waals surface area contributed by atoms with E-state index in [1.807, 2.05) is 17.5 Å². The Morgan fingerprint density at radius 3 is 2.65 bits per heavy atom. The van der Waals surface area contributed by atoms with Crippen LogP contribution in [0, 0.1) is 0 Å². The van der Waals surface area contributed by atoms with Gasteiger partial charge in [0, 0.05) is 52.0 Å². The van der Waals surface area contributed by atoms with Crippen LogP contribution in [0.5, 0.6) is 0 Å². The van der Waals surface area contributed by atoms with Gasteiger partial charge in [-0.2, -0.15) is 18.2 Å². The molecule has 3 aromatic heterocycles.